The fourth-order valence-electron chi connectivity index (χ4n) is 4.41. The number of ether oxygens (including phenoxy) is 2. The maximum atomic E-state index is 5.83. The van der Waals surface area contributed by atoms with Gasteiger partial charge < -0.3 is 9.47 Å². The zero-order valence-corrected chi connectivity index (χ0v) is 10.5. The quantitative estimate of drug-likeness (QED) is 0.681. The molecule has 1 heterocycles. The van der Waals surface area contributed by atoms with Crippen molar-refractivity contribution in [1.82, 2.24) is 0 Å². The summed E-state index contributed by atoms with van der Waals surface area (Å²) in [4.78, 5) is 0. The fourth-order valence-corrected chi connectivity index (χ4v) is 4.41. The second-order valence-corrected chi connectivity index (χ2v) is 6.20. The maximum absolute atomic E-state index is 5.83. The molecule has 92 valence electrons. The van der Waals surface area contributed by atoms with Crippen LogP contribution in [0.25, 0.3) is 0 Å². The van der Waals surface area contributed by atoms with Gasteiger partial charge >= 0.3 is 0 Å². The van der Waals surface area contributed by atoms with E-state index in [4.69, 9.17) is 9.47 Å². The predicted molar refractivity (Wildman–Crippen MR) is 63.0 cm³/mol. The molecular weight excluding hydrogens is 200 g/mol. The van der Waals surface area contributed by atoms with Gasteiger partial charge in [0.05, 0.1) is 12.2 Å². The van der Waals surface area contributed by atoms with Crippen molar-refractivity contribution in [3.8, 4) is 0 Å². The van der Waals surface area contributed by atoms with Gasteiger partial charge in [-0.2, -0.15) is 0 Å². The van der Waals surface area contributed by atoms with Gasteiger partial charge in [0.1, 0.15) is 6.79 Å². The number of hydrogen-bond donors (Lipinski definition) is 0. The van der Waals surface area contributed by atoms with E-state index in [1.54, 1.807) is 0 Å². The molecule has 16 heavy (non-hydrogen) atoms. The Bertz CT molecular complexity index is 249. The van der Waals surface area contributed by atoms with Gasteiger partial charge in [0.25, 0.3) is 0 Å². The van der Waals surface area contributed by atoms with Gasteiger partial charge in [-0.15, -0.1) is 0 Å². The van der Waals surface area contributed by atoms with Gasteiger partial charge in [-0.25, -0.2) is 0 Å². The molecule has 1 aliphatic heterocycles. The van der Waals surface area contributed by atoms with Crippen LogP contribution in [0.4, 0.5) is 0 Å². The summed E-state index contributed by atoms with van der Waals surface area (Å²) in [6, 6.07) is 0. The lowest BCUT2D eigenvalue weighted by Gasteiger charge is -2.46. The van der Waals surface area contributed by atoms with E-state index in [1.165, 1.54) is 32.1 Å². The lowest BCUT2D eigenvalue weighted by Crippen LogP contribution is -2.46. The molecule has 3 fully saturated rings. The summed E-state index contributed by atoms with van der Waals surface area (Å²) in [6.07, 6.45) is 7.67. The Labute approximate surface area is 98.7 Å². The van der Waals surface area contributed by atoms with Crippen LogP contribution in [-0.4, -0.2) is 19.0 Å². The molecule has 0 aromatic rings. The van der Waals surface area contributed by atoms with E-state index in [0.29, 0.717) is 19.0 Å². The van der Waals surface area contributed by atoms with Crippen molar-refractivity contribution in [3.05, 3.63) is 0 Å². The number of rotatable bonds is 1. The van der Waals surface area contributed by atoms with E-state index in [1.807, 2.05) is 0 Å². The van der Waals surface area contributed by atoms with Crippen molar-refractivity contribution < 1.29 is 9.47 Å². The molecule has 0 bridgehead atoms. The molecule has 2 saturated carbocycles. The van der Waals surface area contributed by atoms with Crippen molar-refractivity contribution >= 4 is 0 Å². The van der Waals surface area contributed by atoms with E-state index in [2.05, 4.69) is 13.8 Å². The van der Waals surface area contributed by atoms with Crippen LogP contribution in [-0.2, 0) is 9.47 Å². The maximum Gasteiger partial charge on any atom is 0.147 e. The summed E-state index contributed by atoms with van der Waals surface area (Å²) >= 11 is 0. The molecule has 0 spiro atoms. The first-order valence-corrected chi connectivity index (χ1v) is 7.00. The highest BCUT2D eigenvalue weighted by Crippen LogP contribution is 2.49. The third-order valence-corrected chi connectivity index (χ3v) is 5.15. The van der Waals surface area contributed by atoms with Crippen LogP contribution in [0.5, 0.6) is 0 Å². The summed E-state index contributed by atoms with van der Waals surface area (Å²) in [5.41, 5.74) is 0. The van der Waals surface area contributed by atoms with Gasteiger partial charge in [-0.3, -0.25) is 0 Å². The Kier molecular flexibility index (Phi) is 2.97. The first-order valence-electron chi connectivity index (χ1n) is 7.00. The van der Waals surface area contributed by atoms with Crippen molar-refractivity contribution in [2.75, 3.05) is 6.79 Å². The van der Waals surface area contributed by atoms with Crippen molar-refractivity contribution in [2.24, 2.45) is 23.7 Å². The van der Waals surface area contributed by atoms with Crippen molar-refractivity contribution in [1.29, 1.82) is 0 Å². The van der Waals surface area contributed by atoms with Gasteiger partial charge in [0.15, 0.2) is 0 Å². The molecule has 2 nitrogen and oxygen atoms in total. The van der Waals surface area contributed by atoms with Crippen LogP contribution in [0.2, 0.25) is 0 Å². The van der Waals surface area contributed by atoms with E-state index < -0.39 is 0 Å². The highest BCUT2D eigenvalue weighted by atomic mass is 16.7. The normalized spacial score (nSPS) is 47.8. The first-order chi connectivity index (χ1) is 7.77. The van der Waals surface area contributed by atoms with E-state index in [0.717, 1.165) is 23.7 Å². The monoisotopic (exact) mass is 224 g/mol. The Morgan fingerprint density at radius 1 is 0.938 bits per heavy atom. The minimum absolute atomic E-state index is 0.423. The minimum Gasteiger partial charge on any atom is -0.349 e. The standard InChI is InChI=1S/C14H24O2/c1-9(2)10-4-3-5-12-11(10)6-7-13-14(12)16-8-15-13/h9-14H,3-8H2,1-2H3. The largest absolute Gasteiger partial charge is 0.349 e. The lowest BCUT2D eigenvalue weighted by atomic mass is 9.61. The first kappa shape index (κ1) is 11.0. The van der Waals surface area contributed by atoms with Gasteiger partial charge in [-0.05, 0) is 49.4 Å². The lowest BCUT2D eigenvalue weighted by molar-refractivity contribution is -0.0403. The summed E-state index contributed by atoms with van der Waals surface area (Å²) < 4.78 is 11.5. The molecule has 3 rings (SSSR count). The Hall–Kier alpha value is -0.0800. The molecule has 0 radical (unpaired) electrons. The zero-order valence-electron chi connectivity index (χ0n) is 10.5. The molecule has 5 atom stereocenters. The minimum atomic E-state index is 0.423. The highest BCUT2D eigenvalue weighted by molar-refractivity contribution is 4.96. The van der Waals surface area contributed by atoms with Crippen LogP contribution >= 0.6 is 0 Å². The molecular formula is C14H24O2. The Morgan fingerprint density at radius 2 is 1.81 bits per heavy atom. The van der Waals surface area contributed by atoms with E-state index in [-0.39, 0.29) is 0 Å². The van der Waals surface area contributed by atoms with E-state index >= 15 is 0 Å². The Morgan fingerprint density at radius 3 is 2.62 bits per heavy atom. The molecule has 5 unspecified atom stereocenters. The van der Waals surface area contributed by atoms with Gasteiger partial charge in [0, 0.05) is 0 Å². The van der Waals surface area contributed by atoms with Crippen molar-refractivity contribution in [3.63, 3.8) is 0 Å². The zero-order chi connectivity index (χ0) is 11.1. The second-order valence-electron chi connectivity index (χ2n) is 6.20. The molecule has 1 saturated heterocycles. The Balaban J connectivity index is 1.77. The highest BCUT2D eigenvalue weighted by Gasteiger charge is 2.47. The molecule has 2 heteroatoms. The summed E-state index contributed by atoms with van der Waals surface area (Å²) in [7, 11) is 0. The summed E-state index contributed by atoms with van der Waals surface area (Å²) in [5.74, 6) is 3.48. The predicted octanol–water partition coefficient (Wildman–Crippen LogP) is 3.21. The third kappa shape index (κ3) is 1.70. The number of hydrogen-bond acceptors (Lipinski definition) is 2. The van der Waals surface area contributed by atoms with Crippen LogP contribution in [0, 0.1) is 23.7 Å². The molecule has 0 aromatic carbocycles. The van der Waals surface area contributed by atoms with Crippen LogP contribution in [0.15, 0.2) is 0 Å². The summed E-state index contributed by atoms with van der Waals surface area (Å²) in [5, 5.41) is 0. The average Bonchev–Trinajstić information content (AvgIpc) is 2.76. The van der Waals surface area contributed by atoms with Gasteiger partial charge in [0.2, 0.25) is 0 Å². The topological polar surface area (TPSA) is 18.5 Å². The third-order valence-electron chi connectivity index (χ3n) is 5.15. The van der Waals surface area contributed by atoms with Crippen LogP contribution < -0.4 is 0 Å². The van der Waals surface area contributed by atoms with Crippen LogP contribution in [0.1, 0.15) is 46.0 Å². The van der Waals surface area contributed by atoms with Crippen LogP contribution in [0.3, 0.4) is 0 Å². The fraction of sp³-hybridized carbons (Fsp3) is 1.00. The molecule has 0 N–H and O–H groups in total. The average molecular weight is 224 g/mol. The molecule has 0 amide bonds. The van der Waals surface area contributed by atoms with E-state index in [9.17, 15) is 0 Å². The second kappa shape index (κ2) is 4.30. The summed E-state index contributed by atoms with van der Waals surface area (Å²) in [6.45, 7) is 5.33. The SMILES string of the molecule is CC(C)C1CCCC2C1CCC1OCOC12. The van der Waals surface area contributed by atoms with Crippen molar-refractivity contribution in [2.45, 2.75) is 58.2 Å². The molecule has 3 aliphatic rings. The number of fused-ring (bicyclic) bond motifs is 3. The molecule has 2 aliphatic carbocycles. The van der Waals surface area contributed by atoms with Gasteiger partial charge in [-0.1, -0.05) is 20.3 Å². The molecule has 0 aromatic heterocycles. The smallest absolute Gasteiger partial charge is 0.147 e.